The van der Waals surface area contributed by atoms with Gasteiger partial charge >= 0.3 is 0 Å². The normalized spacial score (nSPS) is 26.2. The summed E-state index contributed by atoms with van der Waals surface area (Å²) < 4.78 is 0. The molecule has 1 aliphatic carbocycles. The average molecular weight is 283 g/mol. The maximum atomic E-state index is 12.3. The van der Waals surface area contributed by atoms with E-state index in [1.807, 2.05) is 18.2 Å². The lowest BCUT2D eigenvalue weighted by molar-refractivity contribution is -0.133. The van der Waals surface area contributed by atoms with Gasteiger partial charge in [0.15, 0.2) is 0 Å². The summed E-state index contributed by atoms with van der Waals surface area (Å²) in [5.74, 6) is 2.84. The molecule has 4 rings (SSSR count). The number of nitrogens with zero attached hydrogens (tertiary/aromatic N) is 2. The van der Waals surface area contributed by atoms with Crippen molar-refractivity contribution in [3.8, 4) is 0 Å². The Hall–Kier alpha value is -1.84. The van der Waals surface area contributed by atoms with E-state index >= 15 is 0 Å². The first-order chi connectivity index (χ1) is 10.2. The largest absolute Gasteiger partial charge is 0.342 e. The fourth-order valence-electron chi connectivity index (χ4n) is 3.44. The molecule has 1 aliphatic heterocycles. The predicted octanol–water partition coefficient (Wildman–Crippen LogP) is 2.92. The molecule has 2 aliphatic rings. The zero-order chi connectivity index (χ0) is 14.4. The molecule has 2 fully saturated rings. The quantitative estimate of drug-likeness (QED) is 0.921. The van der Waals surface area contributed by atoms with E-state index in [1.165, 1.54) is 0 Å². The number of likely N-dealkylation sites (tertiary alicyclic amines) is 1. The Labute approximate surface area is 124 Å². The first kappa shape index (κ1) is 12.9. The summed E-state index contributed by atoms with van der Waals surface area (Å²) in [6.45, 7) is 3.93. The molecule has 110 valence electrons. The van der Waals surface area contributed by atoms with Crippen molar-refractivity contribution >= 4 is 16.9 Å². The molecule has 1 amide bonds. The molecule has 2 heterocycles. The number of imidazole rings is 1. The molecule has 0 bridgehead atoms. The maximum Gasteiger partial charge on any atom is 0.225 e. The highest BCUT2D eigenvalue weighted by Crippen LogP contribution is 2.40. The molecule has 4 nitrogen and oxygen atoms in total. The van der Waals surface area contributed by atoms with Gasteiger partial charge in [-0.05, 0) is 37.3 Å². The van der Waals surface area contributed by atoms with Crippen LogP contribution in [0.2, 0.25) is 0 Å². The molecule has 1 saturated heterocycles. The molecule has 21 heavy (non-hydrogen) atoms. The van der Waals surface area contributed by atoms with E-state index in [0.717, 1.165) is 49.2 Å². The van der Waals surface area contributed by atoms with E-state index in [1.54, 1.807) is 0 Å². The van der Waals surface area contributed by atoms with Gasteiger partial charge in [-0.2, -0.15) is 0 Å². The topological polar surface area (TPSA) is 49.0 Å². The first-order valence-corrected chi connectivity index (χ1v) is 7.96. The Balaban J connectivity index is 1.43. The Kier molecular flexibility index (Phi) is 2.98. The van der Waals surface area contributed by atoms with Crippen molar-refractivity contribution in [2.75, 3.05) is 13.1 Å². The molecular formula is C17H21N3O. The summed E-state index contributed by atoms with van der Waals surface area (Å²) in [6.07, 6.45) is 3.13. The van der Waals surface area contributed by atoms with Crippen molar-refractivity contribution < 1.29 is 4.79 Å². The van der Waals surface area contributed by atoms with E-state index in [9.17, 15) is 4.79 Å². The third-order valence-electron chi connectivity index (χ3n) is 5.03. The molecule has 2 atom stereocenters. The second-order valence-electron chi connectivity index (χ2n) is 6.56. The van der Waals surface area contributed by atoms with Crippen molar-refractivity contribution in [3.63, 3.8) is 0 Å². The van der Waals surface area contributed by atoms with Gasteiger partial charge in [0.05, 0.1) is 11.0 Å². The smallest absolute Gasteiger partial charge is 0.225 e. The van der Waals surface area contributed by atoms with Crippen molar-refractivity contribution in [2.45, 2.75) is 32.1 Å². The molecule has 4 heteroatoms. The number of piperidine rings is 1. The Morgan fingerprint density at radius 2 is 2.00 bits per heavy atom. The molecule has 1 saturated carbocycles. The minimum Gasteiger partial charge on any atom is -0.342 e. The summed E-state index contributed by atoms with van der Waals surface area (Å²) in [5.41, 5.74) is 2.15. The molecular weight excluding hydrogens is 262 g/mol. The lowest BCUT2D eigenvalue weighted by Crippen LogP contribution is -2.39. The van der Waals surface area contributed by atoms with Gasteiger partial charge < -0.3 is 9.88 Å². The highest BCUT2D eigenvalue weighted by Gasteiger charge is 2.42. The number of amides is 1. The average Bonchev–Trinajstić information content (AvgIpc) is 3.09. The zero-order valence-corrected chi connectivity index (χ0v) is 12.4. The number of H-pyrrole nitrogens is 1. The van der Waals surface area contributed by atoms with Gasteiger partial charge in [-0.25, -0.2) is 4.98 Å². The van der Waals surface area contributed by atoms with Crippen LogP contribution in [0.1, 0.15) is 37.9 Å². The number of hydrogen-bond acceptors (Lipinski definition) is 2. The van der Waals surface area contributed by atoms with Crippen LogP contribution >= 0.6 is 0 Å². The van der Waals surface area contributed by atoms with Crippen LogP contribution in [-0.2, 0) is 4.79 Å². The molecule has 1 aromatic carbocycles. The van der Waals surface area contributed by atoms with Crippen LogP contribution in [0, 0.1) is 11.8 Å². The summed E-state index contributed by atoms with van der Waals surface area (Å²) in [7, 11) is 0. The Morgan fingerprint density at radius 1 is 1.29 bits per heavy atom. The number of aromatic amines is 1. The van der Waals surface area contributed by atoms with Crippen LogP contribution in [0.15, 0.2) is 24.3 Å². The summed E-state index contributed by atoms with van der Waals surface area (Å²) in [4.78, 5) is 22.5. The SMILES string of the molecule is CC1CC1C(=O)N1CCC(c2nc3ccccc3[nH]2)CC1. The van der Waals surface area contributed by atoms with Gasteiger partial charge in [0.1, 0.15) is 5.82 Å². The summed E-state index contributed by atoms with van der Waals surface area (Å²) >= 11 is 0. The van der Waals surface area contributed by atoms with Crippen LogP contribution in [-0.4, -0.2) is 33.9 Å². The Morgan fingerprint density at radius 3 is 2.67 bits per heavy atom. The third kappa shape index (κ3) is 2.33. The second kappa shape index (κ2) is 4.86. The van der Waals surface area contributed by atoms with Gasteiger partial charge in [0.25, 0.3) is 0 Å². The fraction of sp³-hybridized carbons (Fsp3) is 0.529. The first-order valence-electron chi connectivity index (χ1n) is 7.96. The number of hydrogen-bond donors (Lipinski definition) is 1. The molecule has 2 aromatic rings. The van der Waals surface area contributed by atoms with E-state index in [-0.39, 0.29) is 0 Å². The molecule has 1 N–H and O–H groups in total. The van der Waals surface area contributed by atoms with Crippen molar-refractivity contribution in [1.82, 2.24) is 14.9 Å². The minimum absolute atomic E-state index is 0.313. The third-order valence-corrected chi connectivity index (χ3v) is 5.03. The summed E-state index contributed by atoms with van der Waals surface area (Å²) in [6, 6.07) is 8.16. The number of fused-ring (bicyclic) bond motifs is 1. The van der Waals surface area contributed by atoms with Crippen molar-refractivity contribution in [2.24, 2.45) is 11.8 Å². The second-order valence-corrected chi connectivity index (χ2v) is 6.56. The van der Waals surface area contributed by atoms with Crippen LogP contribution in [0.4, 0.5) is 0 Å². The number of nitrogens with one attached hydrogen (secondary N) is 1. The standard InChI is InChI=1S/C17H21N3O/c1-11-10-13(11)17(21)20-8-6-12(7-9-20)16-18-14-4-2-3-5-15(14)19-16/h2-5,11-13H,6-10H2,1H3,(H,18,19). The van der Waals surface area contributed by atoms with Crippen LogP contribution < -0.4 is 0 Å². The molecule has 2 unspecified atom stereocenters. The van der Waals surface area contributed by atoms with Crippen molar-refractivity contribution in [3.05, 3.63) is 30.1 Å². The number of carbonyl (C=O) groups excluding carboxylic acids is 1. The van der Waals surface area contributed by atoms with Crippen molar-refractivity contribution in [1.29, 1.82) is 0 Å². The van der Waals surface area contributed by atoms with Crippen LogP contribution in [0.5, 0.6) is 0 Å². The number of benzene rings is 1. The zero-order valence-electron chi connectivity index (χ0n) is 12.4. The molecule has 1 aromatic heterocycles. The monoisotopic (exact) mass is 283 g/mol. The fourth-order valence-corrected chi connectivity index (χ4v) is 3.44. The maximum absolute atomic E-state index is 12.3. The van der Waals surface area contributed by atoms with E-state index in [0.29, 0.717) is 23.7 Å². The number of carbonyl (C=O) groups is 1. The highest BCUT2D eigenvalue weighted by atomic mass is 16.2. The highest BCUT2D eigenvalue weighted by molar-refractivity contribution is 5.81. The lowest BCUT2D eigenvalue weighted by Gasteiger charge is -2.31. The van der Waals surface area contributed by atoms with Gasteiger partial charge in [-0.15, -0.1) is 0 Å². The van der Waals surface area contributed by atoms with Gasteiger partial charge in [0, 0.05) is 24.9 Å². The van der Waals surface area contributed by atoms with Gasteiger partial charge in [-0.3, -0.25) is 4.79 Å². The van der Waals surface area contributed by atoms with Gasteiger partial charge in [0.2, 0.25) is 5.91 Å². The van der Waals surface area contributed by atoms with Crippen LogP contribution in [0.25, 0.3) is 11.0 Å². The van der Waals surface area contributed by atoms with Crippen LogP contribution in [0.3, 0.4) is 0 Å². The number of para-hydroxylation sites is 2. The molecule has 0 radical (unpaired) electrons. The minimum atomic E-state index is 0.313. The predicted molar refractivity (Wildman–Crippen MR) is 81.9 cm³/mol. The van der Waals surface area contributed by atoms with E-state index < -0.39 is 0 Å². The lowest BCUT2D eigenvalue weighted by atomic mass is 9.96. The number of aromatic nitrogens is 2. The Bertz CT molecular complexity index is 636. The van der Waals surface area contributed by atoms with E-state index in [4.69, 9.17) is 4.98 Å². The summed E-state index contributed by atoms with van der Waals surface area (Å²) in [5, 5.41) is 0. The van der Waals surface area contributed by atoms with E-state index in [2.05, 4.69) is 22.9 Å². The van der Waals surface area contributed by atoms with Gasteiger partial charge in [-0.1, -0.05) is 19.1 Å². The molecule has 0 spiro atoms. The number of rotatable bonds is 2.